The molecule has 0 aliphatic heterocycles. The van der Waals surface area contributed by atoms with Crippen molar-refractivity contribution >= 4 is 5.97 Å². The van der Waals surface area contributed by atoms with Gasteiger partial charge >= 0.3 is 12.1 Å². The molecule has 0 spiro atoms. The summed E-state index contributed by atoms with van der Waals surface area (Å²) in [6, 6.07) is 2.28. The van der Waals surface area contributed by atoms with Crippen LogP contribution in [0.2, 0.25) is 0 Å². The molecule has 2 nitrogen and oxygen atoms in total. The van der Waals surface area contributed by atoms with Crippen LogP contribution in [0.1, 0.15) is 22.3 Å². The highest BCUT2D eigenvalue weighted by molar-refractivity contribution is 5.71. The number of aryl methyl sites for hydroxylation is 2. The summed E-state index contributed by atoms with van der Waals surface area (Å²) < 4.78 is 37.5. The first-order chi connectivity index (χ1) is 7.21. The average molecular weight is 232 g/mol. The zero-order chi connectivity index (χ0) is 12.5. The van der Waals surface area contributed by atoms with E-state index in [1.54, 1.807) is 0 Å². The Balaban J connectivity index is 3.22. The Kier molecular flexibility index (Phi) is 3.26. The third-order valence-electron chi connectivity index (χ3n) is 2.33. The molecular weight excluding hydrogens is 221 g/mol. The summed E-state index contributed by atoms with van der Waals surface area (Å²) in [6.07, 6.45) is -4.65. The van der Waals surface area contributed by atoms with Crippen molar-refractivity contribution < 1.29 is 23.1 Å². The van der Waals surface area contributed by atoms with E-state index in [0.717, 1.165) is 6.07 Å². The van der Waals surface area contributed by atoms with Crippen molar-refractivity contribution in [2.24, 2.45) is 0 Å². The quantitative estimate of drug-likeness (QED) is 0.851. The van der Waals surface area contributed by atoms with Crippen molar-refractivity contribution in [3.63, 3.8) is 0 Å². The smallest absolute Gasteiger partial charge is 0.416 e. The Labute approximate surface area is 90.7 Å². The lowest BCUT2D eigenvalue weighted by Gasteiger charge is -2.13. The van der Waals surface area contributed by atoms with Gasteiger partial charge in [0.15, 0.2) is 0 Å². The van der Waals surface area contributed by atoms with Gasteiger partial charge in [0, 0.05) is 0 Å². The molecule has 1 N–H and O–H groups in total. The van der Waals surface area contributed by atoms with Crippen molar-refractivity contribution in [2.45, 2.75) is 26.4 Å². The summed E-state index contributed by atoms with van der Waals surface area (Å²) >= 11 is 0. The number of carboxylic acids is 1. The molecule has 0 saturated heterocycles. The molecule has 0 radical (unpaired) electrons. The fraction of sp³-hybridized carbons (Fsp3) is 0.364. The van der Waals surface area contributed by atoms with Gasteiger partial charge in [0.2, 0.25) is 0 Å². The fourth-order valence-electron chi connectivity index (χ4n) is 1.53. The highest BCUT2D eigenvalue weighted by atomic mass is 19.4. The van der Waals surface area contributed by atoms with Gasteiger partial charge in [-0.2, -0.15) is 13.2 Å². The van der Waals surface area contributed by atoms with E-state index in [1.165, 1.54) is 19.9 Å². The fourth-order valence-corrected chi connectivity index (χ4v) is 1.53. The third-order valence-corrected chi connectivity index (χ3v) is 2.33. The Morgan fingerprint density at radius 1 is 1.25 bits per heavy atom. The second-order valence-electron chi connectivity index (χ2n) is 3.66. The van der Waals surface area contributed by atoms with E-state index in [2.05, 4.69) is 0 Å². The molecular formula is C11H11F3O2. The van der Waals surface area contributed by atoms with Crippen LogP contribution in [0.5, 0.6) is 0 Å². The van der Waals surface area contributed by atoms with E-state index in [0.29, 0.717) is 11.1 Å². The van der Waals surface area contributed by atoms with E-state index in [1.807, 2.05) is 0 Å². The van der Waals surface area contributed by atoms with E-state index in [9.17, 15) is 18.0 Å². The topological polar surface area (TPSA) is 37.3 Å². The van der Waals surface area contributed by atoms with Gasteiger partial charge in [0.05, 0.1) is 12.0 Å². The van der Waals surface area contributed by atoms with Crippen LogP contribution in [0.3, 0.4) is 0 Å². The van der Waals surface area contributed by atoms with Crippen LogP contribution in [0.25, 0.3) is 0 Å². The highest BCUT2D eigenvalue weighted by Crippen LogP contribution is 2.33. The second-order valence-corrected chi connectivity index (χ2v) is 3.66. The standard InChI is InChI=1S/C11H11F3O2/c1-6-4-9(11(12,13)14)7(2)3-8(6)5-10(15)16/h3-4H,5H2,1-2H3,(H,15,16). The van der Waals surface area contributed by atoms with Gasteiger partial charge in [0.1, 0.15) is 0 Å². The molecule has 0 aliphatic carbocycles. The third kappa shape index (κ3) is 2.74. The van der Waals surface area contributed by atoms with Gasteiger partial charge < -0.3 is 5.11 Å². The number of carboxylic acid groups (broad SMARTS) is 1. The van der Waals surface area contributed by atoms with Crippen LogP contribution in [0.4, 0.5) is 13.2 Å². The highest BCUT2D eigenvalue weighted by Gasteiger charge is 2.32. The lowest BCUT2D eigenvalue weighted by molar-refractivity contribution is -0.138. The van der Waals surface area contributed by atoms with Crippen molar-refractivity contribution in [1.29, 1.82) is 0 Å². The molecule has 16 heavy (non-hydrogen) atoms. The van der Waals surface area contributed by atoms with E-state index in [4.69, 9.17) is 5.11 Å². The lowest BCUT2D eigenvalue weighted by Crippen LogP contribution is -2.10. The Morgan fingerprint density at radius 2 is 1.81 bits per heavy atom. The zero-order valence-corrected chi connectivity index (χ0v) is 8.85. The van der Waals surface area contributed by atoms with Crippen LogP contribution >= 0.6 is 0 Å². The number of hydrogen-bond acceptors (Lipinski definition) is 1. The van der Waals surface area contributed by atoms with Gasteiger partial charge in [-0.1, -0.05) is 6.07 Å². The van der Waals surface area contributed by atoms with Crippen LogP contribution < -0.4 is 0 Å². The van der Waals surface area contributed by atoms with Crippen molar-refractivity contribution in [2.75, 3.05) is 0 Å². The molecule has 0 aliphatic rings. The van der Waals surface area contributed by atoms with Gasteiger partial charge in [-0.25, -0.2) is 0 Å². The van der Waals surface area contributed by atoms with E-state index < -0.39 is 17.7 Å². The zero-order valence-electron chi connectivity index (χ0n) is 8.85. The number of benzene rings is 1. The molecule has 5 heteroatoms. The summed E-state index contributed by atoms with van der Waals surface area (Å²) in [6.45, 7) is 2.81. The first-order valence-corrected chi connectivity index (χ1v) is 4.61. The van der Waals surface area contributed by atoms with E-state index in [-0.39, 0.29) is 12.0 Å². The average Bonchev–Trinajstić information content (AvgIpc) is 2.07. The maximum absolute atomic E-state index is 12.5. The Morgan fingerprint density at radius 3 is 2.25 bits per heavy atom. The van der Waals surface area contributed by atoms with Crippen molar-refractivity contribution in [3.05, 3.63) is 34.4 Å². The molecule has 0 heterocycles. The largest absolute Gasteiger partial charge is 0.481 e. The predicted molar refractivity (Wildman–Crippen MR) is 52.3 cm³/mol. The Bertz CT molecular complexity index is 422. The number of halogens is 3. The predicted octanol–water partition coefficient (Wildman–Crippen LogP) is 2.95. The second kappa shape index (κ2) is 4.15. The lowest BCUT2D eigenvalue weighted by atomic mass is 9.98. The molecule has 1 aromatic rings. The minimum Gasteiger partial charge on any atom is -0.481 e. The number of alkyl halides is 3. The molecule has 0 amide bonds. The Hall–Kier alpha value is -1.52. The van der Waals surface area contributed by atoms with E-state index >= 15 is 0 Å². The van der Waals surface area contributed by atoms with Gasteiger partial charge in [0.25, 0.3) is 0 Å². The summed E-state index contributed by atoms with van der Waals surface area (Å²) in [7, 11) is 0. The first-order valence-electron chi connectivity index (χ1n) is 4.61. The van der Waals surface area contributed by atoms with Crippen molar-refractivity contribution in [1.82, 2.24) is 0 Å². The summed E-state index contributed by atoms with van der Waals surface area (Å²) in [5.41, 5.74) is 0.104. The molecule has 1 aromatic carbocycles. The molecule has 0 fully saturated rings. The normalized spacial score (nSPS) is 11.6. The first kappa shape index (κ1) is 12.5. The maximum Gasteiger partial charge on any atom is 0.416 e. The van der Waals surface area contributed by atoms with Crippen LogP contribution in [0, 0.1) is 13.8 Å². The van der Waals surface area contributed by atoms with Crippen molar-refractivity contribution in [3.8, 4) is 0 Å². The van der Waals surface area contributed by atoms with Gasteiger partial charge in [-0.15, -0.1) is 0 Å². The molecule has 88 valence electrons. The molecule has 0 aromatic heterocycles. The van der Waals surface area contributed by atoms with Crippen LogP contribution in [0.15, 0.2) is 12.1 Å². The maximum atomic E-state index is 12.5. The minimum atomic E-state index is -4.39. The molecule has 0 unspecified atom stereocenters. The molecule has 0 saturated carbocycles. The van der Waals surface area contributed by atoms with Crippen LogP contribution in [-0.4, -0.2) is 11.1 Å². The summed E-state index contributed by atoms with van der Waals surface area (Å²) in [4.78, 5) is 10.5. The number of aliphatic carboxylic acids is 1. The number of carbonyl (C=O) groups is 1. The number of hydrogen-bond donors (Lipinski definition) is 1. The van der Waals surface area contributed by atoms with Gasteiger partial charge in [-0.3, -0.25) is 4.79 Å². The number of rotatable bonds is 2. The summed E-state index contributed by atoms with van der Waals surface area (Å²) in [5, 5.41) is 8.59. The molecule has 0 atom stereocenters. The minimum absolute atomic E-state index is 0.0503. The summed E-state index contributed by atoms with van der Waals surface area (Å²) in [5.74, 6) is -1.05. The molecule has 0 bridgehead atoms. The SMILES string of the molecule is Cc1cc(C(F)(F)F)c(C)cc1CC(=O)O. The van der Waals surface area contributed by atoms with Crippen LogP contribution in [-0.2, 0) is 17.4 Å². The van der Waals surface area contributed by atoms with Gasteiger partial charge in [-0.05, 0) is 36.6 Å². The monoisotopic (exact) mass is 232 g/mol. The molecule has 1 rings (SSSR count).